The molecule has 4 atom stereocenters. The number of halogens is 1. The summed E-state index contributed by atoms with van der Waals surface area (Å²) < 4.78 is 32.2. The predicted molar refractivity (Wildman–Crippen MR) is 92.7 cm³/mol. The summed E-state index contributed by atoms with van der Waals surface area (Å²) in [5.74, 6) is -0.197. The fraction of sp³-hybridized carbons (Fsp3) is 0.588. The van der Waals surface area contributed by atoms with Crippen molar-refractivity contribution in [3.63, 3.8) is 0 Å². The first-order valence-corrected chi connectivity index (χ1v) is 8.21. The van der Waals surface area contributed by atoms with Crippen molar-refractivity contribution in [1.29, 1.82) is 0 Å². The number of anilines is 1. The predicted octanol–water partition coefficient (Wildman–Crippen LogP) is 1.43. The lowest BCUT2D eigenvalue weighted by Gasteiger charge is -2.26. The van der Waals surface area contributed by atoms with Crippen LogP contribution in [0, 0.1) is 0 Å². The Hall–Kier alpha value is -2.10. The van der Waals surface area contributed by atoms with Gasteiger partial charge in [0.2, 0.25) is 5.91 Å². The Morgan fingerprint density at radius 3 is 2.88 bits per heavy atom. The summed E-state index contributed by atoms with van der Waals surface area (Å²) >= 11 is 0. The van der Waals surface area contributed by atoms with Crippen molar-refractivity contribution in [3.05, 3.63) is 35.4 Å². The van der Waals surface area contributed by atoms with Gasteiger partial charge < -0.3 is 19.5 Å². The summed E-state index contributed by atoms with van der Waals surface area (Å²) in [6.07, 6.45) is 0.899. The van der Waals surface area contributed by atoms with Crippen LogP contribution in [0.1, 0.15) is 26.0 Å². The molecule has 1 saturated heterocycles. The van der Waals surface area contributed by atoms with Crippen molar-refractivity contribution in [3.8, 4) is 0 Å². The zero-order valence-corrected chi connectivity index (χ0v) is 15.1. The van der Waals surface area contributed by atoms with Gasteiger partial charge in [0.15, 0.2) is 11.9 Å². The van der Waals surface area contributed by atoms with Crippen LogP contribution in [0.25, 0.3) is 0 Å². The highest BCUT2D eigenvalue weighted by Gasteiger charge is 2.56. The van der Waals surface area contributed by atoms with Crippen molar-refractivity contribution < 1.29 is 23.4 Å². The fourth-order valence-electron chi connectivity index (χ4n) is 2.98. The molecule has 1 aromatic heterocycles. The first-order chi connectivity index (χ1) is 12.3. The summed E-state index contributed by atoms with van der Waals surface area (Å²) in [7, 11) is 2.84. The number of carbonyl (C=O) groups excluding carboxylic acids is 1. The van der Waals surface area contributed by atoms with Crippen molar-refractivity contribution in [2.45, 2.75) is 43.9 Å². The molecule has 0 aliphatic carbocycles. The summed E-state index contributed by atoms with van der Waals surface area (Å²) in [6, 6.07) is 1.41. The highest BCUT2D eigenvalue weighted by Crippen LogP contribution is 2.42. The lowest BCUT2D eigenvalue weighted by atomic mass is 9.98. The van der Waals surface area contributed by atoms with Gasteiger partial charge in [0.1, 0.15) is 18.0 Å². The number of amides is 1. The molecule has 1 aliphatic rings. The van der Waals surface area contributed by atoms with Crippen LogP contribution < -0.4 is 11.0 Å². The number of aromatic nitrogens is 2. The Kier molecular flexibility index (Phi) is 6.63. The molecule has 9 heteroatoms. The Bertz CT molecular complexity index is 706. The van der Waals surface area contributed by atoms with Gasteiger partial charge in [-0.2, -0.15) is 4.98 Å². The smallest absolute Gasteiger partial charge is 0.351 e. The molecular formula is C17H24FN3O5. The molecule has 0 radical (unpaired) electrons. The number of methoxy groups -OCH3 is 2. The highest BCUT2D eigenvalue weighted by atomic mass is 19.1. The third kappa shape index (κ3) is 4.17. The summed E-state index contributed by atoms with van der Waals surface area (Å²) in [6.45, 7) is 4.96. The zero-order valence-electron chi connectivity index (χ0n) is 15.1. The van der Waals surface area contributed by atoms with Crippen LogP contribution in [0.5, 0.6) is 0 Å². The largest absolute Gasteiger partial charge is 0.382 e. The minimum absolute atomic E-state index is 0.0932. The molecule has 144 valence electrons. The number of nitrogens with one attached hydrogen (secondary N) is 1. The van der Waals surface area contributed by atoms with E-state index in [0.29, 0.717) is 6.42 Å². The van der Waals surface area contributed by atoms with E-state index in [1.165, 1.54) is 33.4 Å². The molecule has 1 unspecified atom stereocenters. The maximum Gasteiger partial charge on any atom is 0.351 e. The highest BCUT2D eigenvalue weighted by molar-refractivity contribution is 5.89. The molecule has 0 spiro atoms. The summed E-state index contributed by atoms with van der Waals surface area (Å²) in [4.78, 5) is 27.8. The van der Waals surface area contributed by atoms with Crippen LogP contribution in [0.15, 0.2) is 29.7 Å². The van der Waals surface area contributed by atoms with Gasteiger partial charge in [0.25, 0.3) is 0 Å². The number of hydrogen-bond donors (Lipinski definition) is 1. The van der Waals surface area contributed by atoms with Crippen molar-refractivity contribution in [1.82, 2.24) is 9.55 Å². The van der Waals surface area contributed by atoms with E-state index in [2.05, 4.69) is 16.9 Å². The quantitative estimate of drug-likeness (QED) is 0.697. The maximum absolute atomic E-state index is 15.3. The fourth-order valence-corrected chi connectivity index (χ4v) is 2.98. The van der Waals surface area contributed by atoms with Gasteiger partial charge in [-0.1, -0.05) is 6.08 Å². The monoisotopic (exact) mass is 369 g/mol. The third-order valence-corrected chi connectivity index (χ3v) is 4.19. The Morgan fingerprint density at radius 1 is 1.58 bits per heavy atom. The first-order valence-electron chi connectivity index (χ1n) is 8.21. The standard InChI is InChI=1S/C17H24FN3O5/c1-5-6-7-13(22)19-12-8-9-21(16(23)20-12)15-17(2,18)14(25-4)11(26-15)10-24-3/h5,8-9,11,14-15H,1,6-7,10H2,2-4H3,(H,19,20,22,23)/t11-,14?,15-,17+/m1/s1. The number of allylic oxidation sites excluding steroid dienone is 1. The number of rotatable bonds is 8. The average molecular weight is 369 g/mol. The maximum atomic E-state index is 15.3. The van der Waals surface area contributed by atoms with Crippen molar-refractivity contribution in [2.75, 3.05) is 26.1 Å². The van der Waals surface area contributed by atoms with Crippen LogP contribution in [-0.2, 0) is 19.0 Å². The lowest BCUT2D eigenvalue weighted by molar-refractivity contribution is -0.116. The van der Waals surface area contributed by atoms with Gasteiger partial charge >= 0.3 is 5.69 Å². The SMILES string of the molecule is C=CCCC(=O)Nc1ccn([C@@H]2O[C@H](COC)C(OC)[C@]2(C)F)c(=O)n1. The molecule has 26 heavy (non-hydrogen) atoms. The van der Waals surface area contributed by atoms with Crippen molar-refractivity contribution >= 4 is 11.7 Å². The van der Waals surface area contributed by atoms with E-state index in [1.807, 2.05) is 0 Å². The molecule has 1 N–H and O–H groups in total. The van der Waals surface area contributed by atoms with Crippen LogP contribution in [-0.4, -0.2) is 54.2 Å². The third-order valence-electron chi connectivity index (χ3n) is 4.19. The second kappa shape index (κ2) is 8.52. The molecule has 1 fully saturated rings. The van der Waals surface area contributed by atoms with E-state index in [4.69, 9.17) is 14.2 Å². The molecule has 1 aliphatic heterocycles. The van der Waals surface area contributed by atoms with E-state index in [-0.39, 0.29) is 24.8 Å². The van der Waals surface area contributed by atoms with Gasteiger partial charge in [-0.15, -0.1) is 6.58 Å². The summed E-state index contributed by atoms with van der Waals surface area (Å²) in [5, 5.41) is 2.51. The molecule has 1 aromatic rings. The van der Waals surface area contributed by atoms with Gasteiger partial charge in [-0.3, -0.25) is 9.36 Å². The van der Waals surface area contributed by atoms with E-state index < -0.39 is 29.8 Å². The van der Waals surface area contributed by atoms with Crippen LogP contribution in [0.4, 0.5) is 10.2 Å². The Balaban J connectivity index is 2.22. The Morgan fingerprint density at radius 2 is 2.31 bits per heavy atom. The van der Waals surface area contributed by atoms with Gasteiger partial charge in [-0.05, 0) is 19.4 Å². The van der Waals surface area contributed by atoms with Gasteiger partial charge in [-0.25, -0.2) is 9.18 Å². The molecule has 8 nitrogen and oxygen atoms in total. The van der Waals surface area contributed by atoms with Gasteiger partial charge in [0, 0.05) is 26.8 Å². The number of nitrogens with zero attached hydrogens (tertiary/aromatic N) is 2. The molecule has 1 amide bonds. The number of carbonyl (C=O) groups is 1. The van der Waals surface area contributed by atoms with E-state index in [1.54, 1.807) is 6.08 Å². The molecule has 0 aromatic carbocycles. The second-order valence-corrected chi connectivity index (χ2v) is 6.17. The first kappa shape index (κ1) is 20.2. The van der Waals surface area contributed by atoms with Crippen LogP contribution in [0.2, 0.25) is 0 Å². The number of hydrogen-bond acceptors (Lipinski definition) is 6. The Labute approximate surface area is 151 Å². The van der Waals surface area contributed by atoms with Gasteiger partial charge in [0.05, 0.1) is 6.61 Å². The zero-order chi connectivity index (χ0) is 19.3. The van der Waals surface area contributed by atoms with E-state index in [9.17, 15) is 9.59 Å². The van der Waals surface area contributed by atoms with Crippen LogP contribution in [0.3, 0.4) is 0 Å². The topological polar surface area (TPSA) is 91.7 Å². The minimum Gasteiger partial charge on any atom is -0.382 e. The lowest BCUT2D eigenvalue weighted by Crippen LogP contribution is -2.44. The number of alkyl halides is 1. The molecule has 2 heterocycles. The van der Waals surface area contributed by atoms with Crippen molar-refractivity contribution in [2.24, 2.45) is 0 Å². The van der Waals surface area contributed by atoms with Crippen LogP contribution >= 0.6 is 0 Å². The second-order valence-electron chi connectivity index (χ2n) is 6.17. The minimum atomic E-state index is -1.97. The number of ether oxygens (including phenoxy) is 3. The molecule has 0 bridgehead atoms. The average Bonchev–Trinajstić information content (AvgIpc) is 2.83. The summed E-state index contributed by atoms with van der Waals surface area (Å²) in [5.41, 5.74) is -2.72. The molecule has 2 rings (SSSR count). The molecular weight excluding hydrogens is 345 g/mol. The van der Waals surface area contributed by atoms with E-state index in [0.717, 1.165) is 4.57 Å². The van der Waals surface area contributed by atoms with E-state index >= 15 is 4.39 Å². The normalized spacial score (nSPS) is 28.1. The molecule has 0 saturated carbocycles.